The van der Waals surface area contributed by atoms with E-state index in [-0.39, 0.29) is 11.7 Å². The van der Waals surface area contributed by atoms with Crippen LogP contribution in [-0.2, 0) is 10.9 Å². The van der Waals surface area contributed by atoms with Crippen LogP contribution < -0.4 is 5.32 Å². The van der Waals surface area contributed by atoms with Crippen molar-refractivity contribution in [3.63, 3.8) is 0 Å². The van der Waals surface area contributed by atoms with Gasteiger partial charge in [-0.1, -0.05) is 11.3 Å². The lowest BCUT2D eigenvalue weighted by Gasteiger charge is -2.31. The second-order valence-corrected chi connectivity index (χ2v) is 5.25. The van der Waals surface area contributed by atoms with Gasteiger partial charge >= 0.3 is 6.18 Å². The second-order valence-electron chi connectivity index (χ2n) is 4.22. The molecule has 8 heteroatoms. The first kappa shape index (κ1) is 13.6. The van der Waals surface area contributed by atoms with Gasteiger partial charge in [-0.05, 0) is 0 Å². The second kappa shape index (κ2) is 5.02. The molecule has 2 rings (SSSR count). The van der Waals surface area contributed by atoms with Gasteiger partial charge in [0.15, 0.2) is 5.13 Å². The van der Waals surface area contributed by atoms with Gasteiger partial charge in [-0.15, -0.1) is 0 Å². The maximum Gasteiger partial charge on any atom is 0.427 e. The van der Waals surface area contributed by atoms with E-state index >= 15 is 0 Å². The van der Waals surface area contributed by atoms with Gasteiger partial charge in [0.25, 0.3) is 0 Å². The van der Waals surface area contributed by atoms with Crippen LogP contribution in [-0.4, -0.2) is 35.5 Å². The van der Waals surface area contributed by atoms with Gasteiger partial charge in [-0.3, -0.25) is 0 Å². The highest BCUT2D eigenvalue weighted by Gasteiger charge is 2.34. The highest BCUT2D eigenvalue weighted by Crippen LogP contribution is 2.35. The van der Waals surface area contributed by atoms with Gasteiger partial charge in [0.2, 0.25) is 0 Å². The van der Waals surface area contributed by atoms with Crippen LogP contribution in [0.2, 0.25) is 0 Å². The molecule has 0 atom stereocenters. The number of halogens is 3. The van der Waals surface area contributed by atoms with Crippen LogP contribution in [0.5, 0.6) is 0 Å². The predicted molar refractivity (Wildman–Crippen MR) is 60.6 cm³/mol. The fourth-order valence-electron chi connectivity index (χ4n) is 1.66. The molecule has 0 aromatic carbocycles. The number of thiazole rings is 1. The van der Waals surface area contributed by atoms with Crippen LogP contribution in [0.4, 0.5) is 18.3 Å². The van der Waals surface area contributed by atoms with E-state index < -0.39 is 16.7 Å². The minimum absolute atomic E-state index is 0.169. The lowest BCUT2D eigenvalue weighted by Crippen LogP contribution is -2.42. The van der Waals surface area contributed by atoms with Gasteiger partial charge in [0.05, 0.1) is 11.8 Å². The third-order valence-corrected chi connectivity index (χ3v) is 3.78. The first-order valence-electron chi connectivity index (χ1n) is 5.46. The van der Waals surface area contributed by atoms with E-state index in [9.17, 15) is 18.3 Å². The van der Waals surface area contributed by atoms with E-state index in [4.69, 9.17) is 4.74 Å². The molecule has 2 N–H and O–H groups in total. The van der Waals surface area contributed by atoms with Gasteiger partial charge in [-0.25, -0.2) is 4.98 Å². The Morgan fingerprint density at radius 3 is 2.67 bits per heavy atom. The Morgan fingerprint density at radius 1 is 1.44 bits per heavy atom. The Hall–Kier alpha value is -0.860. The first-order valence-corrected chi connectivity index (χ1v) is 6.28. The van der Waals surface area contributed by atoms with Crippen molar-refractivity contribution in [2.75, 3.05) is 25.1 Å². The molecule has 0 bridgehead atoms. The molecule has 1 aliphatic rings. The molecule has 0 saturated carbocycles. The molecule has 1 saturated heterocycles. The summed E-state index contributed by atoms with van der Waals surface area (Å²) in [6, 6.07) is 0. The molecule has 0 aliphatic carbocycles. The monoisotopic (exact) mass is 282 g/mol. The summed E-state index contributed by atoms with van der Waals surface area (Å²) in [4.78, 5) is 2.90. The molecule has 0 unspecified atom stereocenters. The third-order valence-electron chi connectivity index (χ3n) is 2.78. The molecule has 4 nitrogen and oxygen atoms in total. The average Bonchev–Trinajstić information content (AvgIpc) is 2.76. The number of hydrogen-bond donors (Lipinski definition) is 2. The number of aliphatic hydroxyl groups is 1. The number of hydrogen-bond acceptors (Lipinski definition) is 5. The van der Waals surface area contributed by atoms with Crippen molar-refractivity contribution in [2.24, 2.45) is 0 Å². The van der Waals surface area contributed by atoms with E-state index in [0.29, 0.717) is 37.4 Å². The zero-order chi connectivity index (χ0) is 13.2. The number of rotatable bonds is 3. The van der Waals surface area contributed by atoms with Crippen LogP contribution in [0.15, 0.2) is 6.20 Å². The molecule has 0 amide bonds. The third kappa shape index (κ3) is 3.33. The number of anilines is 1. The molecule has 102 valence electrons. The molecular formula is C10H13F3N2O2S. The summed E-state index contributed by atoms with van der Waals surface area (Å²) in [6.07, 6.45) is -2.64. The van der Waals surface area contributed by atoms with Gasteiger partial charge in [-0.2, -0.15) is 13.2 Å². The van der Waals surface area contributed by atoms with Crippen LogP contribution in [0.1, 0.15) is 17.7 Å². The average molecular weight is 282 g/mol. The van der Waals surface area contributed by atoms with Crippen LogP contribution in [0.3, 0.4) is 0 Å². The molecule has 1 aromatic heterocycles. The molecule has 0 spiro atoms. The van der Waals surface area contributed by atoms with Crippen molar-refractivity contribution in [1.29, 1.82) is 0 Å². The number of ether oxygens (including phenoxy) is 1. The van der Waals surface area contributed by atoms with Gasteiger partial charge < -0.3 is 15.2 Å². The quantitative estimate of drug-likeness (QED) is 0.891. The molecule has 1 fully saturated rings. The molecule has 18 heavy (non-hydrogen) atoms. The maximum atomic E-state index is 12.3. The van der Waals surface area contributed by atoms with E-state index in [1.807, 2.05) is 0 Å². The van der Waals surface area contributed by atoms with Crippen LogP contribution in [0, 0.1) is 0 Å². The van der Waals surface area contributed by atoms with Crippen molar-refractivity contribution in [1.82, 2.24) is 4.98 Å². The number of alkyl halides is 3. The number of nitrogens with zero attached hydrogens (tertiary/aromatic N) is 1. The first-order chi connectivity index (χ1) is 8.39. The highest BCUT2D eigenvalue weighted by atomic mass is 32.1. The highest BCUT2D eigenvalue weighted by molar-refractivity contribution is 7.15. The fraction of sp³-hybridized carbons (Fsp3) is 0.700. The van der Waals surface area contributed by atoms with Crippen molar-refractivity contribution >= 4 is 16.5 Å². The summed E-state index contributed by atoms with van der Waals surface area (Å²) in [5, 5.41) is 13.0. The van der Waals surface area contributed by atoms with E-state index in [1.165, 1.54) is 0 Å². The SMILES string of the molecule is OC1(CNc2ncc(C(F)(F)F)s2)CCOCC1. The predicted octanol–water partition coefficient (Wildman–Crippen LogP) is 2.12. The van der Waals surface area contributed by atoms with E-state index in [2.05, 4.69) is 10.3 Å². The van der Waals surface area contributed by atoms with Crippen molar-refractivity contribution in [3.8, 4) is 0 Å². The normalized spacial score (nSPS) is 19.8. The van der Waals surface area contributed by atoms with Crippen molar-refractivity contribution in [2.45, 2.75) is 24.6 Å². The smallest absolute Gasteiger partial charge is 0.388 e. The Bertz CT molecular complexity index is 402. The summed E-state index contributed by atoms with van der Waals surface area (Å²) >= 11 is 0.538. The van der Waals surface area contributed by atoms with Gasteiger partial charge in [0, 0.05) is 32.6 Å². The molecule has 1 aliphatic heterocycles. The van der Waals surface area contributed by atoms with Crippen LogP contribution >= 0.6 is 11.3 Å². The molecular weight excluding hydrogens is 269 g/mol. The van der Waals surface area contributed by atoms with E-state index in [1.54, 1.807) is 0 Å². The minimum atomic E-state index is -4.37. The Morgan fingerprint density at radius 2 is 2.11 bits per heavy atom. The van der Waals surface area contributed by atoms with Crippen molar-refractivity contribution in [3.05, 3.63) is 11.1 Å². The van der Waals surface area contributed by atoms with Crippen molar-refractivity contribution < 1.29 is 23.0 Å². The lowest BCUT2D eigenvalue weighted by atomic mass is 9.95. The van der Waals surface area contributed by atoms with E-state index in [0.717, 1.165) is 6.20 Å². The molecule has 1 aromatic rings. The fourth-order valence-corrected chi connectivity index (χ4v) is 2.33. The Balaban J connectivity index is 1.92. The number of aromatic nitrogens is 1. The summed E-state index contributed by atoms with van der Waals surface area (Å²) in [6.45, 7) is 1.11. The molecule has 0 radical (unpaired) electrons. The largest absolute Gasteiger partial charge is 0.427 e. The maximum absolute atomic E-state index is 12.3. The minimum Gasteiger partial charge on any atom is -0.388 e. The summed E-state index contributed by atoms with van der Waals surface area (Å²) < 4.78 is 42.2. The standard InChI is InChI=1S/C10H13F3N2O2S/c11-10(12,13)7-5-14-8(18-7)15-6-9(16)1-3-17-4-2-9/h5,16H,1-4,6H2,(H,14,15). The number of nitrogens with one attached hydrogen (secondary N) is 1. The Labute approximate surface area is 106 Å². The van der Waals surface area contributed by atoms with Gasteiger partial charge in [0.1, 0.15) is 4.88 Å². The summed E-state index contributed by atoms with van der Waals surface area (Å²) in [5.41, 5.74) is -0.928. The van der Waals surface area contributed by atoms with Crippen LogP contribution in [0.25, 0.3) is 0 Å². The summed E-state index contributed by atoms with van der Waals surface area (Å²) in [7, 11) is 0. The zero-order valence-electron chi connectivity index (χ0n) is 9.46. The lowest BCUT2D eigenvalue weighted by molar-refractivity contribution is -0.134. The molecule has 2 heterocycles. The Kier molecular flexibility index (Phi) is 3.79. The summed E-state index contributed by atoms with van der Waals surface area (Å²) in [5.74, 6) is 0. The topological polar surface area (TPSA) is 54.4 Å². The zero-order valence-corrected chi connectivity index (χ0v) is 10.3.